The van der Waals surface area contributed by atoms with Gasteiger partial charge in [0.05, 0.1) is 35.5 Å². The van der Waals surface area contributed by atoms with Gasteiger partial charge in [0.15, 0.2) is 0 Å². The molecule has 0 unspecified atom stereocenters. The molecule has 37 heavy (non-hydrogen) atoms. The maximum Gasteiger partial charge on any atom is 0.252 e. The fourth-order valence-corrected chi connectivity index (χ4v) is 4.59. The van der Waals surface area contributed by atoms with E-state index in [0.29, 0.717) is 12.1 Å². The van der Waals surface area contributed by atoms with E-state index in [2.05, 4.69) is 26.8 Å². The number of hydrogen-bond acceptors (Lipinski definition) is 5. The van der Waals surface area contributed by atoms with Crippen molar-refractivity contribution in [3.63, 3.8) is 0 Å². The molecule has 3 heterocycles. The maximum atomic E-state index is 13.3. The smallest absolute Gasteiger partial charge is 0.252 e. The van der Waals surface area contributed by atoms with Crippen LogP contribution in [0.5, 0.6) is 0 Å². The summed E-state index contributed by atoms with van der Waals surface area (Å²) < 4.78 is 3.76. The van der Waals surface area contributed by atoms with Gasteiger partial charge in [-0.1, -0.05) is 30.3 Å². The molecular weight excluding hydrogens is 462 g/mol. The predicted octanol–water partition coefficient (Wildman–Crippen LogP) is 4.46. The molecule has 0 aliphatic rings. The molecule has 0 aliphatic heterocycles. The van der Waals surface area contributed by atoms with Gasteiger partial charge in [0.1, 0.15) is 0 Å². The van der Waals surface area contributed by atoms with Crippen LogP contribution in [0.3, 0.4) is 0 Å². The van der Waals surface area contributed by atoms with Gasteiger partial charge in [0, 0.05) is 56.1 Å². The number of nitrogens with zero attached hydrogens (tertiary/aromatic N) is 5. The number of amides is 1. The van der Waals surface area contributed by atoms with Crippen LogP contribution in [0.25, 0.3) is 22.2 Å². The fourth-order valence-electron chi connectivity index (χ4n) is 4.59. The SMILES string of the molecule is Cc1cc(CNCc2cncn2C)ccc1C(=O)N[C@H](C)c1cc(-c2cnn(C)c2)nc2ccccc12. The molecule has 0 saturated heterocycles. The van der Waals surface area contributed by atoms with Crippen molar-refractivity contribution in [3.8, 4) is 11.3 Å². The molecule has 0 saturated carbocycles. The lowest BCUT2D eigenvalue weighted by molar-refractivity contribution is 0.0939. The highest BCUT2D eigenvalue weighted by Crippen LogP contribution is 2.29. The summed E-state index contributed by atoms with van der Waals surface area (Å²) in [7, 11) is 3.87. The molecule has 1 amide bonds. The summed E-state index contributed by atoms with van der Waals surface area (Å²) in [6.07, 6.45) is 7.41. The van der Waals surface area contributed by atoms with E-state index < -0.39 is 0 Å². The zero-order chi connectivity index (χ0) is 25.9. The van der Waals surface area contributed by atoms with Gasteiger partial charge in [0.2, 0.25) is 0 Å². The summed E-state index contributed by atoms with van der Waals surface area (Å²) in [6, 6.07) is 15.8. The van der Waals surface area contributed by atoms with Gasteiger partial charge >= 0.3 is 0 Å². The molecule has 0 bridgehead atoms. The summed E-state index contributed by atoms with van der Waals surface area (Å²) in [5.74, 6) is -0.0942. The summed E-state index contributed by atoms with van der Waals surface area (Å²) in [6.45, 7) is 5.44. The lowest BCUT2D eigenvalue weighted by Crippen LogP contribution is -2.27. The molecule has 2 aromatic carbocycles. The highest BCUT2D eigenvalue weighted by atomic mass is 16.1. The molecule has 0 aliphatic carbocycles. The van der Waals surface area contributed by atoms with Crippen LogP contribution < -0.4 is 10.6 Å². The van der Waals surface area contributed by atoms with Gasteiger partial charge in [-0.2, -0.15) is 5.10 Å². The number of carbonyl (C=O) groups excluding carboxylic acids is 1. The maximum absolute atomic E-state index is 13.3. The Morgan fingerprint density at radius 3 is 2.62 bits per heavy atom. The van der Waals surface area contributed by atoms with Crippen molar-refractivity contribution in [2.24, 2.45) is 14.1 Å². The minimum atomic E-state index is -0.213. The molecular formula is C29H31N7O. The number of aryl methyl sites for hydroxylation is 3. The molecule has 188 valence electrons. The van der Waals surface area contributed by atoms with E-state index in [9.17, 15) is 4.79 Å². The van der Waals surface area contributed by atoms with E-state index in [4.69, 9.17) is 4.98 Å². The first-order valence-electron chi connectivity index (χ1n) is 12.3. The van der Waals surface area contributed by atoms with Crippen molar-refractivity contribution in [1.82, 2.24) is 34.9 Å². The van der Waals surface area contributed by atoms with Crippen LogP contribution in [-0.2, 0) is 27.2 Å². The number of rotatable bonds is 8. The van der Waals surface area contributed by atoms with E-state index in [-0.39, 0.29) is 11.9 Å². The highest BCUT2D eigenvalue weighted by molar-refractivity contribution is 5.96. The Hall–Kier alpha value is -4.30. The second-order valence-electron chi connectivity index (χ2n) is 9.46. The summed E-state index contributed by atoms with van der Waals surface area (Å²) in [5, 5.41) is 12.0. The first-order chi connectivity index (χ1) is 17.9. The molecule has 0 fully saturated rings. The molecule has 0 radical (unpaired) electrons. The molecule has 3 aromatic heterocycles. The van der Waals surface area contributed by atoms with Gasteiger partial charge in [-0.3, -0.25) is 9.48 Å². The number of benzene rings is 2. The number of nitrogens with one attached hydrogen (secondary N) is 2. The number of fused-ring (bicyclic) bond motifs is 1. The number of imidazole rings is 1. The average molecular weight is 494 g/mol. The molecule has 5 rings (SSSR count). The Labute approximate surface area is 216 Å². The summed E-state index contributed by atoms with van der Waals surface area (Å²) in [4.78, 5) is 22.3. The Kier molecular flexibility index (Phi) is 6.83. The number of para-hydroxylation sites is 1. The topological polar surface area (TPSA) is 89.7 Å². The number of pyridine rings is 1. The predicted molar refractivity (Wildman–Crippen MR) is 145 cm³/mol. The van der Waals surface area contributed by atoms with Gasteiger partial charge in [0.25, 0.3) is 5.91 Å². The average Bonchev–Trinajstić information content (AvgIpc) is 3.51. The van der Waals surface area contributed by atoms with Crippen LogP contribution in [0.15, 0.2) is 73.4 Å². The molecule has 8 nitrogen and oxygen atoms in total. The van der Waals surface area contributed by atoms with Crippen molar-refractivity contribution in [2.75, 3.05) is 0 Å². The lowest BCUT2D eigenvalue weighted by Gasteiger charge is -2.18. The standard InChI is InChI=1S/C29H31N7O/c1-19-11-21(13-30-15-23-16-31-18-35(23)3)9-10-24(19)29(37)33-20(2)26-12-28(22-14-32-36(4)17-22)34-27-8-6-5-7-25(26)27/h5-12,14,16-18,20,30H,13,15H2,1-4H3,(H,33,37)/t20-/m1/s1. The Morgan fingerprint density at radius 2 is 1.89 bits per heavy atom. The Bertz CT molecular complexity index is 1570. The van der Waals surface area contributed by atoms with E-state index in [0.717, 1.165) is 51.1 Å². The molecule has 8 heteroatoms. The van der Waals surface area contributed by atoms with Crippen LogP contribution in [0, 0.1) is 6.92 Å². The van der Waals surface area contributed by atoms with Crippen LogP contribution in [-0.4, -0.2) is 30.2 Å². The van der Waals surface area contributed by atoms with Crippen molar-refractivity contribution in [2.45, 2.75) is 33.0 Å². The van der Waals surface area contributed by atoms with Gasteiger partial charge in [-0.15, -0.1) is 0 Å². The number of carbonyl (C=O) groups is 1. The van der Waals surface area contributed by atoms with E-state index in [1.54, 1.807) is 17.2 Å². The second kappa shape index (κ2) is 10.4. The number of hydrogen-bond donors (Lipinski definition) is 2. The van der Waals surface area contributed by atoms with Crippen molar-refractivity contribution < 1.29 is 4.79 Å². The third-order valence-electron chi connectivity index (χ3n) is 6.65. The van der Waals surface area contributed by atoms with E-state index >= 15 is 0 Å². The Morgan fingerprint density at radius 1 is 1.05 bits per heavy atom. The highest BCUT2D eigenvalue weighted by Gasteiger charge is 2.18. The van der Waals surface area contributed by atoms with Crippen LogP contribution in [0.4, 0.5) is 0 Å². The summed E-state index contributed by atoms with van der Waals surface area (Å²) >= 11 is 0. The third-order valence-corrected chi connectivity index (χ3v) is 6.65. The molecule has 5 aromatic rings. The first-order valence-corrected chi connectivity index (χ1v) is 12.3. The van der Waals surface area contributed by atoms with Crippen LogP contribution in [0.1, 0.15) is 45.7 Å². The van der Waals surface area contributed by atoms with Crippen molar-refractivity contribution in [3.05, 3.63) is 101 Å². The fraction of sp³-hybridized carbons (Fsp3) is 0.241. The van der Waals surface area contributed by atoms with Crippen molar-refractivity contribution >= 4 is 16.8 Å². The normalized spacial score (nSPS) is 12.1. The first kappa shape index (κ1) is 24.4. The molecule has 2 N–H and O–H groups in total. The monoisotopic (exact) mass is 493 g/mol. The lowest BCUT2D eigenvalue weighted by atomic mass is 9.99. The largest absolute Gasteiger partial charge is 0.345 e. The molecule has 1 atom stereocenters. The van der Waals surface area contributed by atoms with Crippen LogP contribution >= 0.6 is 0 Å². The molecule has 0 spiro atoms. The zero-order valence-corrected chi connectivity index (χ0v) is 21.6. The Balaban J connectivity index is 1.32. The van der Waals surface area contributed by atoms with Crippen LogP contribution in [0.2, 0.25) is 0 Å². The minimum absolute atomic E-state index is 0.0942. The quantitative estimate of drug-likeness (QED) is 0.333. The third kappa shape index (κ3) is 5.29. The number of aromatic nitrogens is 5. The zero-order valence-electron chi connectivity index (χ0n) is 21.6. The van der Waals surface area contributed by atoms with Gasteiger partial charge in [-0.25, -0.2) is 9.97 Å². The van der Waals surface area contributed by atoms with E-state index in [1.165, 1.54) is 0 Å². The second-order valence-corrected chi connectivity index (χ2v) is 9.46. The van der Waals surface area contributed by atoms with E-state index in [1.807, 2.05) is 87.4 Å². The van der Waals surface area contributed by atoms with Gasteiger partial charge < -0.3 is 15.2 Å². The summed E-state index contributed by atoms with van der Waals surface area (Å²) in [5.41, 5.74) is 7.56. The van der Waals surface area contributed by atoms with Gasteiger partial charge in [-0.05, 0) is 48.7 Å². The minimum Gasteiger partial charge on any atom is -0.345 e. The van der Waals surface area contributed by atoms with Crippen molar-refractivity contribution in [1.29, 1.82) is 0 Å².